The molecule has 0 aromatic heterocycles. The number of likely N-dealkylation sites (N-methyl/N-ethyl adjacent to an activating group) is 1. The predicted molar refractivity (Wildman–Crippen MR) is 146 cm³/mol. The Bertz CT molecular complexity index is 1240. The lowest BCUT2D eigenvalue weighted by atomic mass is 9.93. The number of alkyl halides is 3. The van der Waals surface area contributed by atoms with E-state index in [0.29, 0.717) is 41.8 Å². The number of halogens is 6. The Labute approximate surface area is 241 Å². The molecule has 6 nitrogen and oxygen atoms in total. The first kappa shape index (κ1) is 30.6. The minimum Gasteiger partial charge on any atom is -0.354 e. The van der Waals surface area contributed by atoms with Crippen molar-refractivity contribution in [3.63, 3.8) is 0 Å². The Kier molecular flexibility index (Phi) is 9.65. The Morgan fingerprint density at radius 3 is 2.35 bits per heavy atom. The van der Waals surface area contributed by atoms with Crippen molar-refractivity contribution >= 4 is 35.0 Å². The van der Waals surface area contributed by atoms with E-state index in [2.05, 4.69) is 10.2 Å². The van der Waals surface area contributed by atoms with Crippen LogP contribution in [0.2, 0.25) is 10.0 Å². The van der Waals surface area contributed by atoms with Crippen LogP contribution in [0.3, 0.4) is 0 Å². The number of benzene rings is 2. The number of likely N-dealkylation sites (tertiary alicyclic amines) is 2. The van der Waals surface area contributed by atoms with Crippen molar-refractivity contribution in [3.05, 3.63) is 69.0 Å². The number of hydrogen-bond donors (Lipinski definition) is 1. The lowest BCUT2D eigenvalue weighted by Crippen LogP contribution is -2.47. The smallest absolute Gasteiger partial charge is 0.354 e. The SMILES string of the molecule is CC(=O)NC1CCN(CC(=O)N2C[C@H](c3ccc(Cl)c(Cl)c3)[C@@H](N(C)Cc3ccc(C(F)(F)F)c(F)c3)C2)CC1. The first-order valence-electron chi connectivity index (χ1n) is 13.1. The quantitative estimate of drug-likeness (QED) is 0.444. The molecule has 2 aliphatic rings. The van der Waals surface area contributed by atoms with Gasteiger partial charge in [0.2, 0.25) is 11.8 Å². The van der Waals surface area contributed by atoms with Crippen molar-refractivity contribution in [2.45, 2.75) is 50.5 Å². The largest absolute Gasteiger partial charge is 0.419 e. The molecule has 2 fully saturated rings. The van der Waals surface area contributed by atoms with Crippen LogP contribution in [0.1, 0.15) is 42.4 Å². The van der Waals surface area contributed by atoms with Gasteiger partial charge in [0.05, 0.1) is 22.2 Å². The summed E-state index contributed by atoms with van der Waals surface area (Å²) >= 11 is 12.4. The maximum atomic E-state index is 14.2. The van der Waals surface area contributed by atoms with Crippen molar-refractivity contribution in [3.8, 4) is 0 Å². The summed E-state index contributed by atoms with van der Waals surface area (Å²) in [5.74, 6) is -1.55. The van der Waals surface area contributed by atoms with Crippen molar-refractivity contribution in [2.75, 3.05) is 39.8 Å². The molecule has 2 aromatic rings. The lowest BCUT2D eigenvalue weighted by Gasteiger charge is -2.32. The predicted octanol–water partition coefficient (Wildman–Crippen LogP) is 5.18. The molecule has 0 radical (unpaired) electrons. The fourth-order valence-electron chi connectivity index (χ4n) is 5.61. The van der Waals surface area contributed by atoms with E-state index in [1.165, 1.54) is 13.0 Å². The van der Waals surface area contributed by atoms with Gasteiger partial charge in [-0.15, -0.1) is 0 Å². The Balaban J connectivity index is 1.48. The number of nitrogens with one attached hydrogen (secondary N) is 1. The molecule has 218 valence electrons. The number of rotatable bonds is 7. The summed E-state index contributed by atoms with van der Waals surface area (Å²) in [7, 11) is 1.81. The molecule has 2 heterocycles. The molecule has 2 saturated heterocycles. The summed E-state index contributed by atoms with van der Waals surface area (Å²) in [6.45, 7) is 4.15. The monoisotopic (exact) mass is 602 g/mol. The molecule has 12 heteroatoms. The highest BCUT2D eigenvalue weighted by atomic mass is 35.5. The Morgan fingerprint density at radius 1 is 1.05 bits per heavy atom. The van der Waals surface area contributed by atoms with E-state index in [4.69, 9.17) is 23.2 Å². The van der Waals surface area contributed by atoms with Crippen LogP contribution < -0.4 is 5.32 Å². The average Bonchev–Trinajstić information content (AvgIpc) is 3.32. The van der Waals surface area contributed by atoms with Gasteiger partial charge in [-0.05, 0) is 55.3 Å². The average molecular weight is 603 g/mol. The molecule has 0 spiro atoms. The standard InChI is InChI=1S/C28H32Cl2F4N4O2/c1-17(39)35-20-7-9-37(10-8-20)16-27(40)38-14-21(19-4-6-23(29)24(30)12-19)26(15-38)36(2)13-18-3-5-22(25(31)11-18)28(32,33)34/h3-6,11-12,20-21,26H,7-10,13-16H2,1-2H3,(H,35,39)/t21-,26+/m1/s1. The van der Waals surface area contributed by atoms with E-state index in [1.807, 2.05) is 18.0 Å². The first-order chi connectivity index (χ1) is 18.8. The number of nitrogens with zero attached hydrogens (tertiary/aromatic N) is 3. The molecule has 0 unspecified atom stereocenters. The topological polar surface area (TPSA) is 55.9 Å². The molecule has 2 amide bonds. The molecule has 2 aliphatic heterocycles. The summed E-state index contributed by atoms with van der Waals surface area (Å²) in [5, 5.41) is 3.72. The Morgan fingerprint density at radius 2 is 1.75 bits per heavy atom. The summed E-state index contributed by atoms with van der Waals surface area (Å²) in [4.78, 5) is 30.5. The zero-order chi connectivity index (χ0) is 29.2. The van der Waals surface area contributed by atoms with E-state index >= 15 is 0 Å². The van der Waals surface area contributed by atoms with Gasteiger partial charge in [-0.3, -0.25) is 19.4 Å². The zero-order valence-corrected chi connectivity index (χ0v) is 23.8. The number of hydrogen-bond acceptors (Lipinski definition) is 4. The van der Waals surface area contributed by atoms with Gasteiger partial charge in [-0.25, -0.2) is 4.39 Å². The van der Waals surface area contributed by atoms with Crippen LogP contribution in [0, 0.1) is 5.82 Å². The van der Waals surface area contributed by atoms with Crippen molar-refractivity contribution in [2.24, 2.45) is 0 Å². The molecule has 0 bridgehead atoms. The van der Waals surface area contributed by atoms with Gasteiger partial charge in [0.15, 0.2) is 0 Å². The van der Waals surface area contributed by atoms with Crippen LogP contribution in [0.25, 0.3) is 0 Å². The van der Waals surface area contributed by atoms with E-state index < -0.39 is 17.6 Å². The van der Waals surface area contributed by atoms with Gasteiger partial charge in [-0.2, -0.15) is 13.2 Å². The molecule has 2 aromatic carbocycles. The normalized spacial score (nSPS) is 20.8. The van der Waals surface area contributed by atoms with Crippen molar-refractivity contribution < 1.29 is 27.2 Å². The fraction of sp³-hybridized carbons (Fsp3) is 0.500. The third-order valence-electron chi connectivity index (χ3n) is 7.70. The second kappa shape index (κ2) is 12.6. The Hall–Kier alpha value is -2.40. The van der Waals surface area contributed by atoms with Crippen LogP contribution in [0.4, 0.5) is 17.6 Å². The van der Waals surface area contributed by atoms with Crippen molar-refractivity contribution in [1.29, 1.82) is 0 Å². The number of amides is 2. The van der Waals surface area contributed by atoms with Gasteiger partial charge in [0.1, 0.15) is 5.82 Å². The maximum Gasteiger partial charge on any atom is 0.419 e. The van der Waals surface area contributed by atoms with E-state index in [-0.39, 0.29) is 42.9 Å². The highest BCUT2D eigenvalue weighted by molar-refractivity contribution is 6.42. The van der Waals surface area contributed by atoms with Gasteiger partial charge in [0.25, 0.3) is 0 Å². The third kappa shape index (κ3) is 7.46. The fourth-order valence-corrected chi connectivity index (χ4v) is 5.92. The minimum absolute atomic E-state index is 0.0282. The van der Waals surface area contributed by atoms with Crippen LogP contribution >= 0.6 is 23.2 Å². The van der Waals surface area contributed by atoms with Gasteiger partial charge < -0.3 is 10.2 Å². The van der Waals surface area contributed by atoms with Crippen LogP contribution in [0.5, 0.6) is 0 Å². The van der Waals surface area contributed by atoms with E-state index in [9.17, 15) is 27.2 Å². The van der Waals surface area contributed by atoms with Crippen molar-refractivity contribution in [1.82, 2.24) is 20.0 Å². The zero-order valence-electron chi connectivity index (χ0n) is 22.3. The minimum atomic E-state index is -4.76. The van der Waals surface area contributed by atoms with Gasteiger partial charge >= 0.3 is 6.18 Å². The van der Waals surface area contributed by atoms with Crippen LogP contribution in [-0.4, -0.2) is 78.4 Å². The molecule has 0 aliphatic carbocycles. The van der Waals surface area contributed by atoms with E-state index in [0.717, 1.165) is 30.5 Å². The highest BCUT2D eigenvalue weighted by Gasteiger charge is 2.39. The molecular weight excluding hydrogens is 571 g/mol. The molecule has 1 N–H and O–H groups in total. The molecule has 0 saturated carbocycles. The van der Waals surface area contributed by atoms with Gasteiger partial charge in [0, 0.05) is 57.6 Å². The van der Waals surface area contributed by atoms with Crippen LogP contribution in [-0.2, 0) is 22.3 Å². The second-order valence-corrected chi connectivity index (χ2v) is 11.4. The highest BCUT2D eigenvalue weighted by Crippen LogP contribution is 2.36. The molecule has 4 rings (SSSR count). The number of piperidine rings is 1. The summed E-state index contributed by atoms with van der Waals surface area (Å²) in [6, 6.07) is 8.20. The molecule has 2 atom stereocenters. The number of carbonyl (C=O) groups is 2. The molecular formula is C28H32Cl2F4N4O2. The molecule has 40 heavy (non-hydrogen) atoms. The first-order valence-corrected chi connectivity index (χ1v) is 13.9. The summed E-state index contributed by atoms with van der Waals surface area (Å²) in [6.07, 6.45) is -3.22. The maximum absolute atomic E-state index is 14.2. The van der Waals surface area contributed by atoms with E-state index in [1.54, 1.807) is 17.0 Å². The number of carbonyl (C=O) groups excluding carboxylic acids is 2. The summed E-state index contributed by atoms with van der Waals surface area (Å²) < 4.78 is 53.3. The third-order valence-corrected chi connectivity index (χ3v) is 8.44. The second-order valence-electron chi connectivity index (χ2n) is 10.6. The van der Waals surface area contributed by atoms with Gasteiger partial charge in [-0.1, -0.05) is 35.3 Å². The lowest BCUT2D eigenvalue weighted by molar-refractivity contribution is -0.140. The summed E-state index contributed by atoms with van der Waals surface area (Å²) in [5.41, 5.74) is -0.0182. The van der Waals surface area contributed by atoms with Crippen LogP contribution in [0.15, 0.2) is 36.4 Å².